The molecule has 0 atom stereocenters. The van der Waals surface area contributed by atoms with Crippen molar-refractivity contribution in [2.75, 3.05) is 6.54 Å². The molecule has 9 heteroatoms. The van der Waals surface area contributed by atoms with E-state index in [1.807, 2.05) is 53.1 Å². The zero-order valence-corrected chi connectivity index (χ0v) is 17.2. The highest BCUT2D eigenvalue weighted by Gasteiger charge is 2.20. The number of hydrogen-bond donors (Lipinski definition) is 1. The number of halogens is 2. The van der Waals surface area contributed by atoms with Crippen molar-refractivity contribution in [3.63, 3.8) is 0 Å². The lowest BCUT2D eigenvalue weighted by atomic mass is 10.2. The monoisotopic (exact) mass is 428 g/mol. The van der Waals surface area contributed by atoms with Gasteiger partial charge in [-0.3, -0.25) is 9.20 Å². The van der Waals surface area contributed by atoms with E-state index in [9.17, 15) is 4.79 Å². The van der Waals surface area contributed by atoms with Gasteiger partial charge in [0.05, 0.1) is 17.8 Å². The first-order valence-electron chi connectivity index (χ1n) is 9.07. The lowest BCUT2D eigenvalue weighted by Crippen LogP contribution is -2.26. The Morgan fingerprint density at radius 2 is 1.90 bits per heavy atom. The predicted molar refractivity (Wildman–Crippen MR) is 112 cm³/mol. The van der Waals surface area contributed by atoms with Crippen LogP contribution < -0.4 is 5.32 Å². The molecule has 29 heavy (non-hydrogen) atoms. The van der Waals surface area contributed by atoms with Gasteiger partial charge in [-0.05, 0) is 30.7 Å². The van der Waals surface area contributed by atoms with E-state index in [-0.39, 0.29) is 11.1 Å². The SMILES string of the molecule is Cc1nn(Cc2ccccc2Cl)c(Cl)c1C(=O)NCCc1nnc2ccccn12. The molecule has 0 radical (unpaired) electrons. The molecular formula is C20H18Cl2N6O. The molecule has 0 spiro atoms. The van der Waals surface area contributed by atoms with E-state index in [2.05, 4.69) is 20.6 Å². The van der Waals surface area contributed by atoms with Gasteiger partial charge in [0, 0.05) is 24.2 Å². The summed E-state index contributed by atoms with van der Waals surface area (Å²) in [6, 6.07) is 13.2. The van der Waals surface area contributed by atoms with Crippen LogP contribution >= 0.6 is 23.2 Å². The molecule has 0 aliphatic carbocycles. The van der Waals surface area contributed by atoms with Gasteiger partial charge in [-0.2, -0.15) is 5.10 Å². The van der Waals surface area contributed by atoms with Crippen molar-refractivity contribution in [3.05, 3.63) is 81.5 Å². The van der Waals surface area contributed by atoms with Crippen molar-refractivity contribution >= 4 is 34.8 Å². The predicted octanol–water partition coefficient (Wildman–Crippen LogP) is 3.56. The van der Waals surface area contributed by atoms with Crippen LogP contribution in [0.1, 0.15) is 27.4 Å². The van der Waals surface area contributed by atoms with Gasteiger partial charge in [-0.15, -0.1) is 10.2 Å². The molecule has 1 amide bonds. The van der Waals surface area contributed by atoms with Crippen molar-refractivity contribution in [3.8, 4) is 0 Å². The number of hydrogen-bond acceptors (Lipinski definition) is 4. The fourth-order valence-corrected chi connectivity index (χ4v) is 3.66. The molecule has 0 aliphatic rings. The average molecular weight is 429 g/mol. The molecule has 1 aromatic carbocycles. The second-order valence-corrected chi connectivity index (χ2v) is 7.32. The standard InChI is InChI=1S/C20H18Cl2N6O/c1-13-18(19(22)28(26-13)12-14-6-2-3-7-15(14)21)20(29)23-10-9-17-25-24-16-8-4-5-11-27(16)17/h2-8,11H,9-10,12H2,1H3,(H,23,29). The Labute approximate surface area is 177 Å². The molecule has 7 nitrogen and oxygen atoms in total. The summed E-state index contributed by atoms with van der Waals surface area (Å²) in [6.07, 6.45) is 2.44. The Morgan fingerprint density at radius 1 is 1.10 bits per heavy atom. The lowest BCUT2D eigenvalue weighted by Gasteiger charge is -2.07. The molecule has 148 valence electrons. The number of benzene rings is 1. The minimum atomic E-state index is -0.272. The Kier molecular flexibility index (Phi) is 5.51. The van der Waals surface area contributed by atoms with Crippen molar-refractivity contribution in [1.29, 1.82) is 0 Å². The highest BCUT2D eigenvalue weighted by molar-refractivity contribution is 6.33. The van der Waals surface area contributed by atoms with Crippen LogP contribution in [0.4, 0.5) is 0 Å². The summed E-state index contributed by atoms with van der Waals surface area (Å²) in [7, 11) is 0. The molecule has 3 heterocycles. The van der Waals surface area contributed by atoms with Gasteiger partial charge in [-0.1, -0.05) is 47.5 Å². The highest BCUT2D eigenvalue weighted by atomic mass is 35.5. The first-order valence-corrected chi connectivity index (χ1v) is 9.83. The zero-order chi connectivity index (χ0) is 20.4. The van der Waals surface area contributed by atoms with E-state index in [1.165, 1.54) is 0 Å². The molecule has 4 rings (SSSR count). The molecule has 0 saturated heterocycles. The highest BCUT2D eigenvalue weighted by Crippen LogP contribution is 2.23. The number of rotatable bonds is 6. The third-order valence-electron chi connectivity index (χ3n) is 4.59. The van der Waals surface area contributed by atoms with E-state index in [0.717, 1.165) is 17.0 Å². The smallest absolute Gasteiger partial charge is 0.256 e. The number of carbonyl (C=O) groups is 1. The van der Waals surface area contributed by atoms with Gasteiger partial charge < -0.3 is 5.32 Å². The van der Waals surface area contributed by atoms with Crippen molar-refractivity contribution in [1.82, 2.24) is 29.7 Å². The molecule has 0 aliphatic heterocycles. The summed E-state index contributed by atoms with van der Waals surface area (Å²) < 4.78 is 3.48. The van der Waals surface area contributed by atoms with Crippen LogP contribution in [0.5, 0.6) is 0 Å². The van der Waals surface area contributed by atoms with Gasteiger partial charge in [0.25, 0.3) is 5.91 Å². The molecule has 0 unspecified atom stereocenters. The number of pyridine rings is 1. The maximum Gasteiger partial charge on any atom is 0.256 e. The lowest BCUT2D eigenvalue weighted by molar-refractivity contribution is 0.0953. The summed E-state index contributed by atoms with van der Waals surface area (Å²) in [6.45, 7) is 2.55. The minimum absolute atomic E-state index is 0.272. The quantitative estimate of drug-likeness (QED) is 0.509. The first kappa shape index (κ1) is 19.4. The van der Waals surface area contributed by atoms with E-state index in [0.29, 0.717) is 35.8 Å². The van der Waals surface area contributed by atoms with Crippen molar-refractivity contribution in [2.45, 2.75) is 19.9 Å². The first-order chi connectivity index (χ1) is 14.0. The molecule has 0 fully saturated rings. The topological polar surface area (TPSA) is 77.1 Å². The van der Waals surface area contributed by atoms with E-state index in [1.54, 1.807) is 11.6 Å². The summed E-state index contributed by atoms with van der Waals surface area (Å²) in [5.74, 6) is 0.505. The molecule has 4 aromatic rings. The second kappa shape index (κ2) is 8.23. The number of aromatic nitrogens is 5. The Balaban J connectivity index is 1.45. The maximum absolute atomic E-state index is 12.7. The maximum atomic E-state index is 12.7. The van der Waals surface area contributed by atoms with Crippen LogP contribution in [0.25, 0.3) is 5.65 Å². The second-order valence-electron chi connectivity index (χ2n) is 6.55. The normalized spacial score (nSPS) is 11.1. The Morgan fingerprint density at radius 3 is 2.72 bits per heavy atom. The van der Waals surface area contributed by atoms with Crippen LogP contribution in [-0.4, -0.2) is 36.8 Å². The van der Waals surface area contributed by atoms with Crippen LogP contribution in [0.15, 0.2) is 48.7 Å². The summed E-state index contributed by atoms with van der Waals surface area (Å²) in [4.78, 5) is 12.7. The van der Waals surface area contributed by atoms with Gasteiger partial charge in [-0.25, -0.2) is 4.68 Å². The number of carbonyl (C=O) groups excluding carboxylic acids is 1. The van der Waals surface area contributed by atoms with Crippen LogP contribution in [0, 0.1) is 6.92 Å². The minimum Gasteiger partial charge on any atom is -0.351 e. The Hall–Kier alpha value is -2.90. The van der Waals surface area contributed by atoms with Gasteiger partial charge in [0.1, 0.15) is 11.0 Å². The van der Waals surface area contributed by atoms with Crippen LogP contribution in [0.3, 0.4) is 0 Å². The number of amides is 1. The number of nitrogens with one attached hydrogen (secondary N) is 1. The fourth-order valence-electron chi connectivity index (χ4n) is 3.14. The van der Waals surface area contributed by atoms with Crippen molar-refractivity contribution in [2.24, 2.45) is 0 Å². The van der Waals surface area contributed by atoms with Crippen LogP contribution in [0.2, 0.25) is 10.2 Å². The Bertz CT molecular complexity index is 1180. The molecule has 1 N–H and O–H groups in total. The molecule has 3 aromatic heterocycles. The fraction of sp³-hybridized carbons (Fsp3) is 0.200. The molecule has 0 bridgehead atoms. The van der Waals surface area contributed by atoms with Gasteiger partial charge in [0.2, 0.25) is 0 Å². The largest absolute Gasteiger partial charge is 0.351 e. The van der Waals surface area contributed by atoms with Gasteiger partial charge in [0.15, 0.2) is 5.65 Å². The summed E-state index contributed by atoms with van der Waals surface area (Å²) in [5, 5.41) is 16.5. The third-order valence-corrected chi connectivity index (χ3v) is 5.34. The van der Waals surface area contributed by atoms with E-state index < -0.39 is 0 Å². The zero-order valence-electron chi connectivity index (χ0n) is 15.6. The van der Waals surface area contributed by atoms with Gasteiger partial charge >= 0.3 is 0 Å². The number of fused-ring (bicyclic) bond motifs is 1. The van der Waals surface area contributed by atoms with E-state index in [4.69, 9.17) is 23.2 Å². The number of aryl methyl sites for hydroxylation is 1. The number of nitrogens with zero attached hydrogens (tertiary/aromatic N) is 5. The van der Waals surface area contributed by atoms with E-state index >= 15 is 0 Å². The average Bonchev–Trinajstić information content (AvgIpc) is 3.24. The molecular weight excluding hydrogens is 411 g/mol. The third kappa shape index (κ3) is 3.97. The summed E-state index contributed by atoms with van der Waals surface area (Å²) >= 11 is 12.7. The van der Waals surface area contributed by atoms with Crippen molar-refractivity contribution < 1.29 is 4.79 Å². The van der Waals surface area contributed by atoms with Crippen LogP contribution in [-0.2, 0) is 13.0 Å². The summed E-state index contributed by atoms with van der Waals surface area (Å²) in [5.41, 5.74) is 2.58. The molecule has 0 saturated carbocycles.